The Morgan fingerprint density at radius 1 is 1.79 bits per heavy atom. The van der Waals surface area contributed by atoms with Crippen molar-refractivity contribution in [1.82, 2.24) is 9.97 Å². The Morgan fingerprint density at radius 3 is 3.07 bits per heavy atom. The summed E-state index contributed by atoms with van der Waals surface area (Å²) in [6.07, 6.45) is 0. The fraction of sp³-hybridized carbons (Fsp3) is 0.286. The molecule has 0 unspecified atom stereocenters. The molecule has 0 saturated heterocycles. The first-order chi connectivity index (χ1) is 6.65. The van der Waals surface area contributed by atoms with Gasteiger partial charge in [0.05, 0.1) is 13.2 Å². The second-order valence-electron chi connectivity index (χ2n) is 2.32. The average molecular weight is 218 g/mol. The molecule has 14 heavy (non-hydrogen) atoms. The molecule has 6 nitrogen and oxygen atoms in total. The van der Waals surface area contributed by atoms with Gasteiger partial charge in [0, 0.05) is 0 Å². The molecule has 0 spiro atoms. The maximum atomic E-state index is 11.0. The van der Waals surface area contributed by atoms with Crippen LogP contribution in [0.3, 0.4) is 0 Å². The van der Waals surface area contributed by atoms with Gasteiger partial charge in [-0.05, 0) is 0 Å². The summed E-state index contributed by atoms with van der Waals surface area (Å²) in [4.78, 5) is 27.9. The van der Waals surface area contributed by atoms with Crippen LogP contribution in [0.1, 0.15) is 0 Å². The zero-order chi connectivity index (χ0) is 10.6. The Balaban J connectivity index is 2.92. The summed E-state index contributed by atoms with van der Waals surface area (Å²) in [5.41, 5.74) is -0.415. The lowest BCUT2D eigenvalue weighted by atomic mass is 10.6. The molecule has 2 N–H and O–H groups in total. The van der Waals surface area contributed by atoms with Gasteiger partial charge in [0.15, 0.2) is 0 Å². The Morgan fingerprint density at radius 2 is 2.50 bits per heavy atom. The third-order valence-electron chi connectivity index (χ3n) is 1.31. The van der Waals surface area contributed by atoms with E-state index in [0.29, 0.717) is 0 Å². The molecule has 0 radical (unpaired) electrons. The van der Waals surface area contributed by atoms with E-state index in [-0.39, 0.29) is 17.7 Å². The number of aromatic nitrogens is 2. The van der Waals surface area contributed by atoms with Crippen molar-refractivity contribution in [2.24, 2.45) is 0 Å². The number of aromatic amines is 1. The maximum absolute atomic E-state index is 11.0. The van der Waals surface area contributed by atoms with Crippen LogP contribution in [0.4, 0.5) is 5.95 Å². The summed E-state index contributed by atoms with van der Waals surface area (Å²) in [7, 11) is 1.37. The number of carbonyl (C=O) groups is 1. The van der Waals surface area contributed by atoms with Crippen molar-refractivity contribution in [3.05, 3.63) is 16.4 Å². The van der Waals surface area contributed by atoms with Crippen LogP contribution in [0.5, 0.6) is 5.88 Å². The summed E-state index contributed by atoms with van der Waals surface area (Å²) in [6, 6.07) is 1.16. The number of H-pyrrole nitrogens is 1. The topological polar surface area (TPSA) is 84.1 Å². The lowest BCUT2D eigenvalue weighted by Gasteiger charge is -2.02. The lowest BCUT2D eigenvalue weighted by molar-refractivity contribution is -0.114. The Kier molecular flexibility index (Phi) is 3.47. The zero-order valence-electron chi connectivity index (χ0n) is 7.33. The molecule has 0 fully saturated rings. The first kappa shape index (κ1) is 10.5. The van der Waals surface area contributed by atoms with Gasteiger partial charge < -0.3 is 4.74 Å². The van der Waals surface area contributed by atoms with Gasteiger partial charge in [-0.25, -0.2) is 0 Å². The van der Waals surface area contributed by atoms with Crippen LogP contribution in [-0.2, 0) is 4.79 Å². The molecule has 1 amide bonds. The molecule has 0 saturated carbocycles. The smallest absolute Gasteiger partial charge is 0.256 e. The number of rotatable bonds is 3. The first-order valence-corrected chi connectivity index (χ1v) is 4.20. The minimum absolute atomic E-state index is 0.0139. The maximum Gasteiger partial charge on any atom is 0.256 e. The van der Waals surface area contributed by atoms with Gasteiger partial charge in [-0.2, -0.15) is 4.98 Å². The summed E-state index contributed by atoms with van der Waals surface area (Å²) < 4.78 is 4.74. The molecule has 1 aromatic rings. The van der Waals surface area contributed by atoms with Crippen LogP contribution >= 0.6 is 11.6 Å². The minimum atomic E-state index is -0.455. The quantitative estimate of drug-likeness (QED) is 0.696. The molecule has 1 rings (SSSR count). The molecule has 0 atom stereocenters. The number of hydrogen-bond donors (Lipinski definition) is 2. The fourth-order valence-electron chi connectivity index (χ4n) is 0.765. The van der Waals surface area contributed by atoms with E-state index < -0.39 is 11.5 Å². The second-order valence-corrected chi connectivity index (χ2v) is 2.59. The van der Waals surface area contributed by atoms with Crippen molar-refractivity contribution < 1.29 is 9.53 Å². The number of alkyl halides is 1. The molecule has 76 valence electrons. The molecule has 1 aromatic heterocycles. The molecular formula is C7H8ClN3O3. The van der Waals surface area contributed by atoms with Gasteiger partial charge in [-0.3, -0.25) is 19.9 Å². The highest BCUT2D eigenvalue weighted by atomic mass is 35.5. The van der Waals surface area contributed by atoms with E-state index in [2.05, 4.69) is 15.3 Å². The molecule has 0 aliphatic carbocycles. The van der Waals surface area contributed by atoms with E-state index in [1.807, 2.05) is 0 Å². The summed E-state index contributed by atoms with van der Waals surface area (Å²) in [6.45, 7) is 0. The highest BCUT2D eigenvalue weighted by molar-refractivity contribution is 6.28. The number of ether oxygens (including phenoxy) is 1. The molecule has 0 bridgehead atoms. The van der Waals surface area contributed by atoms with Gasteiger partial charge in [0.1, 0.15) is 5.88 Å². The van der Waals surface area contributed by atoms with Gasteiger partial charge >= 0.3 is 0 Å². The van der Waals surface area contributed by atoms with Crippen LogP contribution < -0.4 is 15.6 Å². The number of hydrogen-bond acceptors (Lipinski definition) is 4. The van der Waals surface area contributed by atoms with E-state index >= 15 is 0 Å². The van der Waals surface area contributed by atoms with Crippen LogP contribution in [-0.4, -0.2) is 28.9 Å². The highest BCUT2D eigenvalue weighted by Gasteiger charge is 2.04. The number of anilines is 1. The third-order valence-corrected chi connectivity index (χ3v) is 1.55. The summed E-state index contributed by atoms with van der Waals surface area (Å²) in [5, 5.41) is 2.29. The fourth-order valence-corrected chi connectivity index (χ4v) is 0.831. The van der Waals surface area contributed by atoms with E-state index in [1.165, 1.54) is 7.11 Å². The summed E-state index contributed by atoms with van der Waals surface area (Å²) >= 11 is 5.25. The monoisotopic (exact) mass is 217 g/mol. The highest BCUT2D eigenvalue weighted by Crippen LogP contribution is 2.03. The van der Waals surface area contributed by atoms with Crippen LogP contribution in [0, 0.1) is 0 Å². The van der Waals surface area contributed by atoms with Crippen LogP contribution in [0.15, 0.2) is 10.9 Å². The normalized spacial score (nSPS) is 9.57. The van der Waals surface area contributed by atoms with Gasteiger partial charge in [-0.15, -0.1) is 11.6 Å². The lowest BCUT2D eigenvalue weighted by Crippen LogP contribution is -2.18. The van der Waals surface area contributed by atoms with Crippen LogP contribution in [0.2, 0.25) is 0 Å². The number of carbonyl (C=O) groups excluding carboxylic acids is 1. The molecule has 7 heteroatoms. The zero-order valence-corrected chi connectivity index (χ0v) is 8.09. The number of nitrogens with zero attached hydrogens (tertiary/aromatic N) is 1. The van der Waals surface area contributed by atoms with E-state index in [9.17, 15) is 9.59 Å². The Labute approximate surface area is 84.3 Å². The van der Waals surface area contributed by atoms with E-state index in [0.717, 1.165) is 6.07 Å². The Bertz CT molecular complexity index is 390. The second kappa shape index (κ2) is 4.61. The van der Waals surface area contributed by atoms with Crippen molar-refractivity contribution in [2.75, 3.05) is 18.3 Å². The average Bonchev–Trinajstić information content (AvgIpc) is 2.16. The van der Waals surface area contributed by atoms with Gasteiger partial charge in [0.2, 0.25) is 17.7 Å². The predicted octanol–water partition coefficient (Wildman–Crippen LogP) is -0.0442. The molecule has 0 aromatic carbocycles. The molecular weight excluding hydrogens is 210 g/mol. The number of amides is 1. The standard InChI is InChI=1S/C7H8ClN3O3/c1-14-6-2-4(12)9-7(11-6)10-5(13)3-8/h2H,3H2,1H3,(H2,9,10,11,12,13). The molecule has 0 aliphatic rings. The van der Waals surface area contributed by atoms with Crippen molar-refractivity contribution in [3.8, 4) is 5.88 Å². The SMILES string of the molecule is COc1cc(=O)[nH]c(NC(=O)CCl)n1. The van der Waals surface area contributed by atoms with Crippen LogP contribution in [0.25, 0.3) is 0 Å². The number of halogens is 1. The molecule has 0 aliphatic heterocycles. The molecule has 1 heterocycles. The van der Waals surface area contributed by atoms with Crippen molar-refractivity contribution in [3.63, 3.8) is 0 Å². The van der Waals surface area contributed by atoms with Gasteiger partial charge in [0.25, 0.3) is 5.56 Å². The number of methoxy groups -OCH3 is 1. The van der Waals surface area contributed by atoms with Gasteiger partial charge in [-0.1, -0.05) is 0 Å². The van der Waals surface area contributed by atoms with Crippen molar-refractivity contribution in [1.29, 1.82) is 0 Å². The van der Waals surface area contributed by atoms with E-state index in [4.69, 9.17) is 16.3 Å². The Hall–Kier alpha value is -1.56. The largest absolute Gasteiger partial charge is 0.481 e. The van der Waals surface area contributed by atoms with Crippen molar-refractivity contribution in [2.45, 2.75) is 0 Å². The third kappa shape index (κ3) is 2.74. The number of nitrogens with one attached hydrogen (secondary N) is 2. The predicted molar refractivity (Wildman–Crippen MR) is 50.8 cm³/mol. The van der Waals surface area contributed by atoms with Crippen molar-refractivity contribution >= 4 is 23.5 Å². The first-order valence-electron chi connectivity index (χ1n) is 3.67. The van der Waals surface area contributed by atoms with E-state index in [1.54, 1.807) is 0 Å². The summed E-state index contributed by atoms with van der Waals surface area (Å²) in [5.74, 6) is -0.525. The minimum Gasteiger partial charge on any atom is -0.481 e.